The number of nitrogens with zero attached hydrogens (tertiary/aromatic N) is 1. The van der Waals surface area contributed by atoms with Gasteiger partial charge in [-0.1, -0.05) is 12.1 Å². The van der Waals surface area contributed by atoms with Crippen molar-refractivity contribution in [1.82, 2.24) is 5.32 Å². The number of nitrogens with one attached hydrogen (secondary N) is 2. The maximum absolute atomic E-state index is 13.1. The highest BCUT2D eigenvalue weighted by atomic mass is 19.1. The van der Waals surface area contributed by atoms with E-state index in [1.54, 1.807) is 31.2 Å². The van der Waals surface area contributed by atoms with Crippen LogP contribution in [0.2, 0.25) is 0 Å². The van der Waals surface area contributed by atoms with Gasteiger partial charge in [0.1, 0.15) is 11.9 Å². The average molecular weight is 399 g/mol. The molecule has 0 spiro atoms. The van der Waals surface area contributed by atoms with Crippen molar-refractivity contribution < 1.29 is 23.5 Å². The summed E-state index contributed by atoms with van der Waals surface area (Å²) < 4.78 is 18.0. The van der Waals surface area contributed by atoms with Crippen LogP contribution in [0.15, 0.2) is 48.5 Å². The number of carbonyl (C=O) groups is 3. The molecule has 0 aromatic heterocycles. The fraction of sp³-hybridized carbons (Fsp3) is 0.286. The summed E-state index contributed by atoms with van der Waals surface area (Å²) in [6.45, 7) is 2.52. The molecule has 0 unspecified atom stereocenters. The number of anilines is 2. The molecule has 2 aromatic carbocycles. The Labute approximate surface area is 167 Å². The van der Waals surface area contributed by atoms with Crippen molar-refractivity contribution in [3.05, 3.63) is 59.9 Å². The molecule has 29 heavy (non-hydrogen) atoms. The zero-order valence-corrected chi connectivity index (χ0v) is 16.0. The van der Waals surface area contributed by atoms with Crippen LogP contribution in [0.3, 0.4) is 0 Å². The van der Waals surface area contributed by atoms with Crippen molar-refractivity contribution in [1.29, 1.82) is 0 Å². The number of ether oxygens (including phenoxy) is 1. The molecule has 0 bridgehead atoms. The number of hydrogen-bond donors (Lipinski definition) is 2. The third-order valence-corrected chi connectivity index (χ3v) is 4.51. The lowest BCUT2D eigenvalue weighted by Gasteiger charge is -2.17. The third-order valence-electron chi connectivity index (χ3n) is 4.51. The topological polar surface area (TPSA) is 87.7 Å². The maximum Gasteiger partial charge on any atom is 0.319 e. The largest absolute Gasteiger partial charge is 0.466 e. The van der Waals surface area contributed by atoms with Gasteiger partial charge in [-0.3, -0.25) is 9.59 Å². The Bertz CT molecular complexity index is 884. The molecule has 0 radical (unpaired) electrons. The van der Waals surface area contributed by atoms with Gasteiger partial charge in [0.15, 0.2) is 0 Å². The number of urea groups is 1. The van der Waals surface area contributed by atoms with E-state index < -0.39 is 12.1 Å². The van der Waals surface area contributed by atoms with Gasteiger partial charge in [-0.2, -0.15) is 0 Å². The Morgan fingerprint density at radius 1 is 1.14 bits per heavy atom. The molecule has 1 aliphatic heterocycles. The monoisotopic (exact) mass is 399 g/mol. The minimum Gasteiger partial charge on any atom is -0.466 e. The molecule has 1 saturated heterocycles. The fourth-order valence-corrected chi connectivity index (χ4v) is 3.10. The second-order valence-electron chi connectivity index (χ2n) is 6.58. The lowest BCUT2D eigenvalue weighted by atomic mass is 10.1. The average Bonchev–Trinajstić information content (AvgIpc) is 3.04. The molecule has 1 fully saturated rings. The van der Waals surface area contributed by atoms with Gasteiger partial charge in [0, 0.05) is 17.9 Å². The van der Waals surface area contributed by atoms with Crippen LogP contribution in [-0.4, -0.2) is 37.1 Å². The molecule has 1 heterocycles. The molecule has 0 aliphatic carbocycles. The smallest absolute Gasteiger partial charge is 0.319 e. The van der Waals surface area contributed by atoms with E-state index >= 15 is 0 Å². The lowest BCUT2D eigenvalue weighted by Crippen LogP contribution is -2.43. The van der Waals surface area contributed by atoms with Gasteiger partial charge in [-0.15, -0.1) is 0 Å². The summed E-state index contributed by atoms with van der Waals surface area (Å²) in [4.78, 5) is 37.8. The van der Waals surface area contributed by atoms with E-state index in [1.165, 1.54) is 29.2 Å². The molecule has 8 heteroatoms. The predicted octanol–water partition coefficient (Wildman–Crippen LogP) is 2.86. The molecule has 0 saturated carbocycles. The van der Waals surface area contributed by atoms with Gasteiger partial charge in [-0.05, 0) is 55.3 Å². The van der Waals surface area contributed by atoms with Crippen LogP contribution >= 0.6 is 0 Å². The van der Waals surface area contributed by atoms with Gasteiger partial charge in [-0.25, -0.2) is 9.18 Å². The summed E-state index contributed by atoms with van der Waals surface area (Å²) in [5.41, 5.74) is 1.91. The highest BCUT2D eigenvalue weighted by molar-refractivity contribution is 6.02. The molecule has 7 nitrogen and oxygen atoms in total. The summed E-state index contributed by atoms with van der Waals surface area (Å²) in [5.74, 6) is -0.921. The Morgan fingerprint density at radius 3 is 2.48 bits per heavy atom. The predicted molar refractivity (Wildman–Crippen MR) is 106 cm³/mol. The Kier molecular flexibility index (Phi) is 6.43. The molecular formula is C21H22FN3O4. The van der Waals surface area contributed by atoms with Crippen LogP contribution in [0.1, 0.15) is 18.9 Å². The fourth-order valence-electron chi connectivity index (χ4n) is 3.10. The van der Waals surface area contributed by atoms with Gasteiger partial charge in [0.2, 0.25) is 5.91 Å². The quantitative estimate of drug-likeness (QED) is 0.732. The third kappa shape index (κ3) is 5.31. The maximum atomic E-state index is 13.1. The SMILES string of the molecule is CCOC(=O)Cc1ccc(NC(=O)N[C@@H]2CCN(c3ccc(F)cc3)C2=O)cc1. The second-order valence-corrected chi connectivity index (χ2v) is 6.58. The van der Waals surface area contributed by atoms with E-state index in [0.717, 1.165) is 5.56 Å². The molecule has 152 valence electrons. The minimum absolute atomic E-state index is 0.163. The van der Waals surface area contributed by atoms with Crippen molar-refractivity contribution in [2.45, 2.75) is 25.8 Å². The molecule has 3 rings (SSSR count). The van der Waals surface area contributed by atoms with Crippen molar-refractivity contribution in [3.8, 4) is 0 Å². The summed E-state index contributed by atoms with van der Waals surface area (Å²) >= 11 is 0. The molecule has 2 N–H and O–H groups in total. The highest BCUT2D eigenvalue weighted by Gasteiger charge is 2.33. The number of hydrogen-bond acceptors (Lipinski definition) is 4. The minimum atomic E-state index is -0.650. The van der Waals surface area contributed by atoms with E-state index in [1.807, 2.05) is 0 Å². The van der Waals surface area contributed by atoms with Gasteiger partial charge in [0.25, 0.3) is 0 Å². The van der Waals surface area contributed by atoms with Crippen LogP contribution in [0.25, 0.3) is 0 Å². The number of benzene rings is 2. The van der Waals surface area contributed by atoms with Crippen LogP contribution < -0.4 is 15.5 Å². The van der Waals surface area contributed by atoms with E-state index in [2.05, 4.69) is 10.6 Å². The normalized spacial score (nSPS) is 15.9. The van der Waals surface area contributed by atoms with Crippen molar-refractivity contribution in [2.75, 3.05) is 23.4 Å². The first kappa shape index (κ1) is 20.3. The number of amides is 3. The summed E-state index contributed by atoms with van der Waals surface area (Å²) in [6, 6.07) is 11.3. The number of esters is 1. The standard InChI is InChI=1S/C21H22FN3O4/c1-2-29-19(26)13-14-3-7-16(8-4-14)23-21(28)24-18-11-12-25(20(18)27)17-9-5-15(22)6-10-17/h3-10,18H,2,11-13H2,1H3,(H2,23,24,28)/t18-/m1/s1. The van der Waals surface area contributed by atoms with Crippen LogP contribution in [0.4, 0.5) is 20.6 Å². The van der Waals surface area contributed by atoms with Gasteiger partial charge in [0.05, 0.1) is 13.0 Å². The molecule has 2 aromatic rings. The summed E-state index contributed by atoms with van der Waals surface area (Å²) in [5, 5.41) is 5.33. The van der Waals surface area contributed by atoms with Crippen LogP contribution in [0, 0.1) is 5.82 Å². The summed E-state index contributed by atoms with van der Waals surface area (Å²) in [6.07, 6.45) is 0.623. The van der Waals surface area contributed by atoms with Crippen molar-refractivity contribution in [3.63, 3.8) is 0 Å². The molecule has 1 atom stereocenters. The molecular weight excluding hydrogens is 377 g/mol. The Hall–Kier alpha value is -3.42. The zero-order valence-electron chi connectivity index (χ0n) is 16.0. The second kappa shape index (κ2) is 9.18. The van der Waals surface area contributed by atoms with Crippen molar-refractivity contribution >= 4 is 29.3 Å². The highest BCUT2D eigenvalue weighted by Crippen LogP contribution is 2.22. The van der Waals surface area contributed by atoms with Crippen molar-refractivity contribution in [2.24, 2.45) is 0 Å². The Morgan fingerprint density at radius 2 is 1.83 bits per heavy atom. The van der Waals surface area contributed by atoms with Gasteiger partial charge < -0.3 is 20.3 Å². The Balaban J connectivity index is 1.52. The first-order valence-electron chi connectivity index (χ1n) is 9.35. The zero-order chi connectivity index (χ0) is 20.8. The number of carbonyl (C=O) groups excluding carboxylic acids is 3. The van der Waals surface area contributed by atoms with Gasteiger partial charge >= 0.3 is 12.0 Å². The molecule has 1 aliphatic rings. The first-order chi connectivity index (χ1) is 14.0. The number of rotatable bonds is 6. The molecule has 3 amide bonds. The number of halogens is 1. The summed E-state index contributed by atoms with van der Waals surface area (Å²) in [7, 11) is 0. The lowest BCUT2D eigenvalue weighted by molar-refractivity contribution is -0.142. The first-order valence-corrected chi connectivity index (χ1v) is 9.35. The van der Waals surface area contributed by atoms with E-state index in [0.29, 0.717) is 30.9 Å². The van der Waals surface area contributed by atoms with E-state index in [4.69, 9.17) is 4.74 Å². The van der Waals surface area contributed by atoms with E-state index in [9.17, 15) is 18.8 Å². The van der Waals surface area contributed by atoms with E-state index in [-0.39, 0.29) is 24.1 Å². The van der Waals surface area contributed by atoms with Crippen LogP contribution in [-0.2, 0) is 20.7 Å². The van der Waals surface area contributed by atoms with Crippen LogP contribution in [0.5, 0.6) is 0 Å².